The van der Waals surface area contributed by atoms with E-state index in [-0.39, 0.29) is 17.7 Å². The molecule has 0 spiro atoms. The molecule has 7 heteroatoms. The van der Waals surface area contributed by atoms with Gasteiger partial charge in [-0.3, -0.25) is 14.4 Å². The number of hydrogen-bond acceptors (Lipinski definition) is 4. The van der Waals surface area contributed by atoms with Crippen LogP contribution in [-0.4, -0.2) is 24.3 Å². The lowest BCUT2D eigenvalue weighted by molar-refractivity contribution is -0.116. The van der Waals surface area contributed by atoms with E-state index in [0.717, 1.165) is 0 Å². The number of anilines is 2. The second kappa shape index (κ2) is 10.2. The molecule has 29 heavy (non-hydrogen) atoms. The van der Waals surface area contributed by atoms with E-state index in [9.17, 15) is 14.4 Å². The fourth-order valence-corrected chi connectivity index (χ4v) is 3.22. The Hall–Kier alpha value is -3.45. The van der Waals surface area contributed by atoms with Gasteiger partial charge in [0.25, 0.3) is 11.8 Å². The van der Waals surface area contributed by atoms with Crippen LogP contribution in [0.2, 0.25) is 0 Å². The van der Waals surface area contributed by atoms with E-state index in [0.29, 0.717) is 41.2 Å². The van der Waals surface area contributed by atoms with Crippen LogP contribution < -0.4 is 16.0 Å². The summed E-state index contributed by atoms with van der Waals surface area (Å²) in [5, 5.41) is 10.3. The highest BCUT2D eigenvalue weighted by Gasteiger charge is 2.08. The third-order valence-corrected chi connectivity index (χ3v) is 4.94. The molecule has 0 atom stereocenters. The molecule has 2 aromatic carbocycles. The van der Waals surface area contributed by atoms with Crippen LogP contribution in [0, 0.1) is 0 Å². The molecule has 3 amide bonds. The number of hydrogen-bond donors (Lipinski definition) is 3. The molecular weight excluding hydrogens is 386 g/mol. The van der Waals surface area contributed by atoms with E-state index >= 15 is 0 Å². The summed E-state index contributed by atoms with van der Waals surface area (Å²) >= 11 is 1.38. The maximum absolute atomic E-state index is 12.1. The topological polar surface area (TPSA) is 87.3 Å². The Morgan fingerprint density at radius 2 is 1.45 bits per heavy atom. The summed E-state index contributed by atoms with van der Waals surface area (Å²) in [6.45, 7) is 0.425. The lowest BCUT2D eigenvalue weighted by Gasteiger charge is -2.08. The van der Waals surface area contributed by atoms with E-state index in [2.05, 4.69) is 16.0 Å². The highest BCUT2D eigenvalue weighted by molar-refractivity contribution is 7.12. The molecule has 0 aliphatic heterocycles. The first kappa shape index (κ1) is 20.3. The summed E-state index contributed by atoms with van der Waals surface area (Å²) in [5.41, 5.74) is 1.91. The molecule has 0 radical (unpaired) electrons. The van der Waals surface area contributed by atoms with Crippen LogP contribution in [0.4, 0.5) is 11.4 Å². The third-order valence-electron chi connectivity index (χ3n) is 4.07. The molecule has 0 unspecified atom stereocenters. The van der Waals surface area contributed by atoms with E-state index in [4.69, 9.17) is 0 Å². The average molecular weight is 407 g/mol. The van der Waals surface area contributed by atoms with Gasteiger partial charge < -0.3 is 16.0 Å². The zero-order valence-corrected chi connectivity index (χ0v) is 16.5. The fourth-order valence-electron chi connectivity index (χ4n) is 2.60. The molecule has 148 valence electrons. The highest BCUT2D eigenvalue weighted by atomic mass is 32.1. The van der Waals surface area contributed by atoms with E-state index in [1.165, 1.54) is 11.3 Å². The maximum Gasteiger partial charge on any atom is 0.265 e. The third kappa shape index (κ3) is 6.29. The minimum absolute atomic E-state index is 0.130. The first-order chi connectivity index (χ1) is 14.1. The number of carbonyl (C=O) groups is 3. The Morgan fingerprint density at radius 3 is 2.10 bits per heavy atom. The molecular formula is C22H21N3O3S. The zero-order valence-electron chi connectivity index (χ0n) is 15.7. The van der Waals surface area contributed by atoms with Crippen molar-refractivity contribution in [1.29, 1.82) is 0 Å². The van der Waals surface area contributed by atoms with Crippen LogP contribution in [0.1, 0.15) is 32.9 Å². The van der Waals surface area contributed by atoms with Gasteiger partial charge in [0, 0.05) is 29.9 Å². The Kier molecular flexibility index (Phi) is 7.13. The summed E-state index contributed by atoms with van der Waals surface area (Å²) in [5.74, 6) is -0.435. The van der Waals surface area contributed by atoms with Gasteiger partial charge in [-0.1, -0.05) is 24.3 Å². The van der Waals surface area contributed by atoms with Crippen molar-refractivity contribution in [2.45, 2.75) is 12.8 Å². The standard InChI is InChI=1S/C22H21N3O3S/c26-20(9-4-14-23-21(27)16-6-2-1-3-7-16)24-17-10-12-18(13-11-17)25-22(28)19-8-5-15-29-19/h1-3,5-8,10-13,15H,4,9,14H2,(H,23,27)(H,24,26)(H,25,28). The van der Waals surface area contributed by atoms with Crippen LogP contribution in [0.15, 0.2) is 72.1 Å². The zero-order chi connectivity index (χ0) is 20.5. The van der Waals surface area contributed by atoms with Crippen molar-refractivity contribution in [3.05, 3.63) is 82.6 Å². The van der Waals surface area contributed by atoms with Crippen molar-refractivity contribution in [2.24, 2.45) is 0 Å². The van der Waals surface area contributed by atoms with Crippen LogP contribution >= 0.6 is 11.3 Å². The van der Waals surface area contributed by atoms with Crippen molar-refractivity contribution in [2.75, 3.05) is 17.2 Å². The second-order valence-corrected chi connectivity index (χ2v) is 7.23. The minimum atomic E-state index is -0.158. The van der Waals surface area contributed by atoms with Crippen LogP contribution in [0.3, 0.4) is 0 Å². The largest absolute Gasteiger partial charge is 0.352 e. The fraction of sp³-hybridized carbons (Fsp3) is 0.136. The Balaban J connectivity index is 1.38. The van der Waals surface area contributed by atoms with Gasteiger partial charge in [-0.2, -0.15) is 0 Å². The first-order valence-corrected chi connectivity index (χ1v) is 10.1. The number of rotatable bonds is 8. The van der Waals surface area contributed by atoms with E-state index < -0.39 is 0 Å². The number of thiophene rings is 1. The summed E-state index contributed by atoms with van der Waals surface area (Å²) in [6.07, 6.45) is 0.839. The molecule has 0 fully saturated rings. The van der Waals surface area contributed by atoms with Gasteiger partial charge in [0.05, 0.1) is 4.88 Å². The SMILES string of the molecule is O=C(CCCNC(=O)c1ccccc1)Nc1ccc(NC(=O)c2cccs2)cc1. The summed E-state index contributed by atoms with van der Waals surface area (Å²) in [6, 6.07) is 19.5. The number of carbonyl (C=O) groups excluding carboxylic acids is 3. The van der Waals surface area contributed by atoms with Gasteiger partial charge >= 0.3 is 0 Å². The van der Waals surface area contributed by atoms with E-state index in [1.54, 1.807) is 54.6 Å². The molecule has 6 nitrogen and oxygen atoms in total. The molecule has 3 N–H and O–H groups in total. The van der Waals surface area contributed by atoms with Crippen molar-refractivity contribution >= 4 is 40.4 Å². The summed E-state index contributed by atoms with van der Waals surface area (Å²) in [7, 11) is 0. The summed E-state index contributed by atoms with van der Waals surface area (Å²) in [4.78, 5) is 36.6. The molecule has 0 saturated carbocycles. The Morgan fingerprint density at radius 1 is 0.759 bits per heavy atom. The van der Waals surface area contributed by atoms with Crippen molar-refractivity contribution in [3.63, 3.8) is 0 Å². The first-order valence-electron chi connectivity index (χ1n) is 9.20. The molecule has 1 aromatic heterocycles. The van der Waals surface area contributed by atoms with Crippen LogP contribution in [0.5, 0.6) is 0 Å². The lowest BCUT2D eigenvalue weighted by Crippen LogP contribution is -2.25. The maximum atomic E-state index is 12.1. The molecule has 1 heterocycles. The second-order valence-electron chi connectivity index (χ2n) is 6.28. The van der Waals surface area contributed by atoms with Crippen LogP contribution in [0.25, 0.3) is 0 Å². The molecule has 0 aliphatic rings. The predicted octanol–water partition coefficient (Wildman–Crippen LogP) is 4.15. The van der Waals surface area contributed by atoms with Gasteiger partial charge in [-0.25, -0.2) is 0 Å². The molecule has 0 bridgehead atoms. The van der Waals surface area contributed by atoms with Crippen molar-refractivity contribution in [3.8, 4) is 0 Å². The monoisotopic (exact) mass is 407 g/mol. The van der Waals surface area contributed by atoms with Crippen molar-refractivity contribution < 1.29 is 14.4 Å². The van der Waals surface area contributed by atoms with Gasteiger partial charge in [0.1, 0.15) is 0 Å². The Labute approximate surface area is 173 Å². The molecule has 3 rings (SSSR count). The molecule has 0 aliphatic carbocycles. The van der Waals surface area contributed by atoms with Crippen molar-refractivity contribution in [1.82, 2.24) is 5.32 Å². The number of amides is 3. The van der Waals surface area contributed by atoms with Gasteiger partial charge in [-0.05, 0) is 54.3 Å². The molecule has 3 aromatic rings. The van der Waals surface area contributed by atoms with Crippen LogP contribution in [-0.2, 0) is 4.79 Å². The Bertz CT molecular complexity index is 955. The van der Waals surface area contributed by atoms with Gasteiger partial charge in [0.2, 0.25) is 5.91 Å². The minimum Gasteiger partial charge on any atom is -0.352 e. The molecule has 0 saturated heterocycles. The predicted molar refractivity (Wildman–Crippen MR) is 115 cm³/mol. The number of benzene rings is 2. The van der Waals surface area contributed by atoms with Gasteiger partial charge in [0.15, 0.2) is 0 Å². The lowest BCUT2D eigenvalue weighted by atomic mass is 10.2. The highest BCUT2D eigenvalue weighted by Crippen LogP contribution is 2.16. The smallest absolute Gasteiger partial charge is 0.265 e. The normalized spacial score (nSPS) is 10.2. The summed E-state index contributed by atoms with van der Waals surface area (Å²) < 4.78 is 0. The quantitative estimate of drug-likeness (QED) is 0.490. The number of nitrogens with one attached hydrogen (secondary N) is 3. The van der Waals surface area contributed by atoms with E-state index in [1.807, 2.05) is 17.5 Å². The average Bonchev–Trinajstić information content (AvgIpc) is 3.28. The van der Waals surface area contributed by atoms with Gasteiger partial charge in [-0.15, -0.1) is 11.3 Å².